The maximum absolute atomic E-state index is 5.41. The highest BCUT2D eigenvalue weighted by Gasteiger charge is 2.15. The van der Waals surface area contributed by atoms with Crippen LogP contribution >= 0.6 is 0 Å². The van der Waals surface area contributed by atoms with Gasteiger partial charge < -0.3 is 14.8 Å². The molecule has 3 aromatic heterocycles. The van der Waals surface area contributed by atoms with Gasteiger partial charge in [-0.15, -0.1) is 0 Å². The van der Waals surface area contributed by atoms with Crippen molar-refractivity contribution < 1.29 is 4.52 Å². The molecule has 3 rings (SSSR count). The maximum atomic E-state index is 5.41. The minimum absolute atomic E-state index is 0.663. The smallest absolute Gasteiger partial charge is 0.143 e. The Hall–Kier alpha value is -2.37. The summed E-state index contributed by atoms with van der Waals surface area (Å²) in [4.78, 5) is 11.9. The Morgan fingerprint density at radius 1 is 1.14 bits per heavy atom. The zero-order chi connectivity index (χ0) is 15.5. The molecule has 0 aliphatic rings. The van der Waals surface area contributed by atoms with Crippen molar-refractivity contribution in [2.24, 2.45) is 0 Å². The molecule has 6 heteroatoms. The van der Waals surface area contributed by atoms with Crippen LogP contribution < -0.4 is 5.32 Å². The van der Waals surface area contributed by atoms with Crippen molar-refractivity contribution in [2.45, 2.75) is 46.6 Å². The summed E-state index contributed by atoms with van der Waals surface area (Å²) in [7, 11) is 0. The number of nitrogens with one attached hydrogen (secondary N) is 2. The second-order valence-electron chi connectivity index (χ2n) is 5.21. The summed E-state index contributed by atoms with van der Waals surface area (Å²) in [6, 6.07) is 0. The number of hydrogen-bond acceptors (Lipinski definition) is 5. The molecule has 2 N–H and O–H groups in total. The van der Waals surface area contributed by atoms with Gasteiger partial charge in [-0.3, -0.25) is 0 Å². The third kappa shape index (κ3) is 2.45. The quantitative estimate of drug-likeness (QED) is 0.730. The molecule has 0 aliphatic carbocycles. The van der Waals surface area contributed by atoms with Gasteiger partial charge in [0.1, 0.15) is 23.6 Å². The number of aryl methyl sites for hydroxylation is 3. The zero-order valence-electron chi connectivity index (χ0n) is 13.2. The minimum atomic E-state index is 0.663. The van der Waals surface area contributed by atoms with Gasteiger partial charge in [-0.2, -0.15) is 0 Å². The molecule has 0 saturated carbocycles. The number of aromatic nitrogens is 4. The largest absolute Gasteiger partial charge is 0.365 e. The molecule has 0 atom stereocenters. The number of rotatable bonds is 6. The summed E-state index contributed by atoms with van der Waals surface area (Å²) in [5.74, 6) is 1.80. The predicted octanol–water partition coefficient (Wildman–Crippen LogP) is 3.25. The Morgan fingerprint density at radius 3 is 2.73 bits per heavy atom. The molecule has 0 aromatic carbocycles. The van der Waals surface area contributed by atoms with Gasteiger partial charge in [0.15, 0.2) is 0 Å². The molecule has 3 aromatic rings. The van der Waals surface area contributed by atoms with Gasteiger partial charge in [-0.05, 0) is 18.4 Å². The highest BCUT2D eigenvalue weighted by Crippen LogP contribution is 2.25. The Kier molecular flexibility index (Phi) is 4.09. The van der Waals surface area contributed by atoms with Crippen LogP contribution in [0.15, 0.2) is 17.0 Å². The van der Waals surface area contributed by atoms with Gasteiger partial charge in [0.05, 0.1) is 11.1 Å². The van der Waals surface area contributed by atoms with Gasteiger partial charge in [0, 0.05) is 24.7 Å². The van der Waals surface area contributed by atoms with Gasteiger partial charge >= 0.3 is 0 Å². The van der Waals surface area contributed by atoms with Gasteiger partial charge in [-0.25, -0.2) is 9.97 Å². The highest BCUT2D eigenvalue weighted by molar-refractivity contribution is 5.90. The van der Waals surface area contributed by atoms with Crippen molar-refractivity contribution in [3.05, 3.63) is 35.1 Å². The van der Waals surface area contributed by atoms with Crippen LogP contribution in [0.4, 0.5) is 5.82 Å². The number of fused-ring (bicyclic) bond motifs is 1. The molecule has 0 unspecified atom stereocenters. The topological polar surface area (TPSA) is 79.6 Å². The van der Waals surface area contributed by atoms with Crippen LogP contribution in [-0.4, -0.2) is 20.1 Å². The van der Waals surface area contributed by atoms with E-state index in [1.165, 1.54) is 5.56 Å². The van der Waals surface area contributed by atoms with Gasteiger partial charge in [-0.1, -0.05) is 25.9 Å². The summed E-state index contributed by atoms with van der Waals surface area (Å²) in [5.41, 5.74) is 4.24. The van der Waals surface area contributed by atoms with Gasteiger partial charge in [0.2, 0.25) is 0 Å². The Morgan fingerprint density at radius 2 is 2.00 bits per heavy atom. The van der Waals surface area contributed by atoms with Crippen molar-refractivity contribution in [3.63, 3.8) is 0 Å². The molecular formula is C16H21N5O. The van der Waals surface area contributed by atoms with Crippen LogP contribution in [0.1, 0.15) is 43.4 Å². The SMILES string of the molecule is CCc1noc(CC)c1CNc1ncnc2[nH]cc(CC)c12. The molecular weight excluding hydrogens is 278 g/mol. The van der Waals surface area contributed by atoms with Crippen molar-refractivity contribution in [1.29, 1.82) is 0 Å². The highest BCUT2D eigenvalue weighted by atomic mass is 16.5. The molecule has 0 bridgehead atoms. The predicted molar refractivity (Wildman–Crippen MR) is 85.9 cm³/mol. The number of aromatic amines is 1. The molecule has 0 spiro atoms. The molecule has 22 heavy (non-hydrogen) atoms. The number of anilines is 1. The molecule has 6 nitrogen and oxygen atoms in total. The summed E-state index contributed by atoms with van der Waals surface area (Å²) in [6.45, 7) is 6.96. The van der Waals surface area contributed by atoms with Gasteiger partial charge in [0.25, 0.3) is 0 Å². The normalized spacial score (nSPS) is 11.2. The van der Waals surface area contributed by atoms with Crippen molar-refractivity contribution in [2.75, 3.05) is 5.32 Å². The average Bonchev–Trinajstić information content (AvgIpc) is 3.15. The van der Waals surface area contributed by atoms with Crippen molar-refractivity contribution in [1.82, 2.24) is 20.1 Å². The first kappa shape index (κ1) is 14.6. The standard InChI is InChI=1S/C16H21N5O/c1-4-10-7-17-15-14(10)16(20-9-19-15)18-8-11-12(5-2)21-22-13(11)6-3/h7,9H,4-6,8H2,1-3H3,(H2,17,18,19,20). The lowest BCUT2D eigenvalue weighted by atomic mass is 10.1. The molecule has 3 heterocycles. The van der Waals surface area contributed by atoms with Crippen LogP contribution in [0, 0.1) is 0 Å². The van der Waals surface area contributed by atoms with E-state index in [0.717, 1.165) is 53.1 Å². The number of H-pyrrole nitrogens is 1. The fourth-order valence-corrected chi connectivity index (χ4v) is 2.75. The monoisotopic (exact) mass is 299 g/mol. The Bertz CT molecular complexity index is 753. The van der Waals surface area contributed by atoms with Crippen LogP contribution in [0.25, 0.3) is 11.0 Å². The molecule has 0 aliphatic heterocycles. The van der Waals surface area contributed by atoms with E-state index in [1.807, 2.05) is 6.20 Å². The molecule has 0 fully saturated rings. The fraction of sp³-hybridized carbons (Fsp3) is 0.438. The van der Waals surface area contributed by atoms with E-state index in [2.05, 4.69) is 46.2 Å². The first-order valence-corrected chi connectivity index (χ1v) is 7.79. The van der Waals surface area contributed by atoms with E-state index in [9.17, 15) is 0 Å². The van der Waals surface area contributed by atoms with Crippen molar-refractivity contribution >= 4 is 16.9 Å². The molecule has 0 saturated heterocycles. The third-order valence-corrected chi connectivity index (χ3v) is 3.97. The van der Waals surface area contributed by atoms with Crippen molar-refractivity contribution in [3.8, 4) is 0 Å². The van der Waals surface area contributed by atoms with E-state index in [-0.39, 0.29) is 0 Å². The lowest BCUT2D eigenvalue weighted by Crippen LogP contribution is -2.06. The fourth-order valence-electron chi connectivity index (χ4n) is 2.75. The summed E-state index contributed by atoms with van der Waals surface area (Å²) in [6.07, 6.45) is 6.22. The second kappa shape index (κ2) is 6.17. The maximum Gasteiger partial charge on any atom is 0.143 e. The van der Waals surface area contributed by atoms with Crippen LogP contribution in [0.2, 0.25) is 0 Å². The van der Waals surface area contributed by atoms with E-state index in [1.54, 1.807) is 6.33 Å². The third-order valence-electron chi connectivity index (χ3n) is 3.97. The molecule has 0 radical (unpaired) electrons. The second-order valence-corrected chi connectivity index (χ2v) is 5.21. The average molecular weight is 299 g/mol. The summed E-state index contributed by atoms with van der Waals surface area (Å²) >= 11 is 0. The first-order valence-electron chi connectivity index (χ1n) is 7.79. The van der Waals surface area contributed by atoms with Crippen LogP contribution in [-0.2, 0) is 25.8 Å². The minimum Gasteiger partial charge on any atom is -0.365 e. The summed E-state index contributed by atoms with van der Waals surface area (Å²) in [5, 5.41) is 8.65. The van der Waals surface area contributed by atoms with Crippen LogP contribution in [0.3, 0.4) is 0 Å². The number of hydrogen-bond donors (Lipinski definition) is 2. The van der Waals surface area contributed by atoms with E-state index in [4.69, 9.17) is 4.52 Å². The van der Waals surface area contributed by atoms with E-state index >= 15 is 0 Å². The Labute approximate surface area is 129 Å². The van der Waals surface area contributed by atoms with E-state index < -0.39 is 0 Å². The lowest BCUT2D eigenvalue weighted by molar-refractivity contribution is 0.380. The summed E-state index contributed by atoms with van der Waals surface area (Å²) < 4.78 is 5.41. The lowest BCUT2D eigenvalue weighted by Gasteiger charge is -2.08. The van der Waals surface area contributed by atoms with E-state index in [0.29, 0.717) is 6.54 Å². The van der Waals surface area contributed by atoms with Crippen LogP contribution in [0.5, 0.6) is 0 Å². The zero-order valence-corrected chi connectivity index (χ0v) is 13.2. The first-order chi connectivity index (χ1) is 10.8. The Balaban J connectivity index is 1.91. The molecule has 116 valence electrons. The molecule has 0 amide bonds. The number of nitrogens with zero attached hydrogens (tertiary/aromatic N) is 3.